The molecule has 0 radical (unpaired) electrons. The lowest BCUT2D eigenvalue weighted by Gasteiger charge is -2.21. The van der Waals surface area contributed by atoms with Crippen molar-refractivity contribution in [3.05, 3.63) is 30.5 Å². The van der Waals surface area contributed by atoms with Gasteiger partial charge in [0.25, 0.3) is 5.91 Å². The van der Waals surface area contributed by atoms with Crippen LogP contribution >= 0.6 is 0 Å². The molecule has 2 amide bonds. The standard InChI is InChI=1S/C20H30N6O2/c1-4-9-24(3)14-17(27)26-12-15(2)16(13-26)5-6-23-20(28)18-19-22-8-11-25(19)10-7-21-18/h7-8,10-11,15-16H,4-6,9,12-14H2,1-3H3,(H,23,28)/t15-,16-/m1/s1. The number of carbonyl (C=O) groups is 2. The molecular weight excluding hydrogens is 356 g/mol. The fraction of sp³-hybridized carbons (Fsp3) is 0.600. The lowest BCUT2D eigenvalue weighted by Crippen LogP contribution is -2.38. The average Bonchev–Trinajstić information content (AvgIpc) is 3.28. The highest BCUT2D eigenvalue weighted by Gasteiger charge is 2.32. The summed E-state index contributed by atoms with van der Waals surface area (Å²) in [5.74, 6) is 0.822. The SMILES string of the molecule is CCCN(C)CC(=O)N1C[C@@H](CCNC(=O)c2nccn3ccnc23)[C@H](C)C1. The predicted octanol–water partition coefficient (Wildman–Crippen LogP) is 1.29. The zero-order valence-corrected chi connectivity index (χ0v) is 17.0. The number of hydrogen-bond donors (Lipinski definition) is 1. The van der Waals surface area contributed by atoms with Gasteiger partial charge in [-0.1, -0.05) is 13.8 Å². The first-order valence-electron chi connectivity index (χ1n) is 10.0. The summed E-state index contributed by atoms with van der Waals surface area (Å²) in [6, 6.07) is 0. The number of likely N-dealkylation sites (N-methyl/N-ethyl adjacent to an activating group) is 1. The molecule has 0 saturated carbocycles. The van der Waals surface area contributed by atoms with Crippen molar-refractivity contribution in [1.29, 1.82) is 0 Å². The Morgan fingerprint density at radius 2 is 2.00 bits per heavy atom. The molecule has 2 atom stereocenters. The second-order valence-electron chi connectivity index (χ2n) is 7.75. The first-order valence-corrected chi connectivity index (χ1v) is 10.0. The molecule has 1 fully saturated rings. The van der Waals surface area contributed by atoms with Crippen LogP contribution in [0.1, 0.15) is 37.2 Å². The Morgan fingerprint density at radius 1 is 1.25 bits per heavy atom. The smallest absolute Gasteiger partial charge is 0.273 e. The van der Waals surface area contributed by atoms with Crippen LogP contribution in [0.5, 0.6) is 0 Å². The van der Waals surface area contributed by atoms with Crippen molar-refractivity contribution < 1.29 is 9.59 Å². The molecule has 8 nitrogen and oxygen atoms in total. The molecule has 1 aliphatic heterocycles. The van der Waals surface area contributed by atoms with Gasteiger partial charge in [0.1, 0.15) is 0 Å². The van der Waals surface area contributed by atoms with E-state index < -0.39 is 0 Å². The summed E-state index contributed by atoms with van der Waals surface area (Å²) >= 11 is 0. The van der Waals surface area contributed by atoms with Crippen LogP contribution in [-0.2, 0) is 4.79 Å². The largest absolute Gasteiger partial charge is 0.351 e. The minimum Gasteiger partial charge on any atom is -0.351 e. The molecule has 28 heavy (non-hydrogen) atoms. The van der Waals surface area contributed by atoms with Crippen molar-refractivity contribution in [2.24, 2.45) is 11.8 Å². The maximum atomic E-state index is 12.5. The number of amides is 2. The van der Waals surface area contributed by atoms with Gasteiger partial charge in [-0.05, 0) is 38.3 Å². The summed E-state index contributed by atoms with van der Waals surface area (Å²) in [6.07, 6.45) is 8.70. The minimum atomic E-state index is -0.212. The fourth-order valence-electron chi connectivity index (χ4n) is 3.87. The lowest BCUT2D eigenvalue weighted by atomic mass is 9.95. The summed E-state index contributed by atoms with van der Waals surface area (Å²) < 4.78 is 1.78. The van der Waals surface area contributed by atoms with Gasteiger partial charge in [0.15, 0.2) is 11.3 Å². The average molecular weight is 387 g/mol. The van der Waals surface area contributed by atoms with Gasteiger partial charge in [0, 0.05) is 44.4 Å². The lowest BCUT2D eigenvalue weighted by molar-refractivity contribution is -0.131. The van der Waals surface area contributed by atoms with E-state index in [-0.39, 0.29) is 11.8 Å². The normalized spacial score (nSPS) is 19.5. The van der Waals surface area contributed by atoms with E-state index in [9.17, 15) is 9.59 Å². The topological polar surface area (TPSA) is 82.8 Å². The number of nitrogens with zero attached hydrogens (tertiary/aromatic N) is 5. The summed E-state index contributed by atoms with van der Waals surface area (Å²) in [5.41, 5.74) is 0.893. The van der Waals surface area contributed by atoms with Gasteiger partial charge in [0.2, 0.25) is 5.91 Å². The zero-order chi connectivity index (χ0) is 20.1. The molecule has 3 heterocycles. The van der Waals surface area contributed by atoms with E-state index >= 15 is 0 Å². The molecule has 3 rings (SSSR count). The fourth-order valence-corrected chi connectivity index (χ4v) is 3.87. The Labute approximate surface area is 165 Å². The summed E-state index contributed by atoms with van der Waals surface area (Å²) in [4.78, 5) is 37.4. The van der Waals surface area contributed by atoms with Crippen LogP contribution in [0.4, 0.5) is 0 Å². The zero-order valence-electron chi connectivity index (χ0n) is 17.0. The molecule has 1 N–H and O–H groups in total. The minimum absolute atomic E-state index is 0.199. The van der Waals surface area contributed by atoms with E-state index in [1.165, 1.54) is 0 Å². The number of carbonyl (C=O) groups excluding carboxylic acids is 2. The van der Waals surface area contributed by atoms with E-state index in [1.807, 2.05) is 11.9 Å². The van der Waals surface area contributed by atoms with Crippen LogP contribution in [0.3, 0.4) is 0 Å². The molecule has 0 unspecified atom stereocenters. The summed E-state index contributed by atoms with van der Waals surface area (Å²) in [5, 5.41) is 2.95. The Balaban J connectivity index is 1.48. The van der Waals surface area contributed by atoms with Crippen LogP contribution in [0.25, 0.3) is 5.65 Å². The molecule has 2 aromatic rings. The number of fused-ring (bicyclic) bond motifs is 1. The molecule has 2 aromatic heterocycles. The molecule has 0 aromatic carbocycles. The van der Waals surface area contributed by atoms with Gasteiger partial charge in [-0.2, -0.15) is 0 Å². The van der Waals surface area contributed by atoms with Gasteiger partial charge in [-0.15, -0.1) is 0 Å². The van der Waals surface area contributed by atoms with E-state index in [1.54, 1.807) is 29.2 Å². The van der Waals surface area contributed by atoms with E-state index in [4.69, 9.17) is 0 Å². The van der Waals surface area contributed by atoms with Gasteiger partial charge in [-0.3, -0.25) is 14.5 Å². The van der Waals surface area contributed by atoms with Crippen molar-refractivity contribution in [3.8, 4) is 0 Å². The molecule has 152 valence electrons. The number of imidazole rings is 1. The third-order valence-electron chi connectivity index (χ3n) is 5.46. The van der Waals surface area contributed by atoms with Crippen molar-refractivity contribution in [2.75, 3.05) is 39.8 Å². The molecule has 8 heteroatoms. The second kappa shape index (κ2) is 9.14. The molecular formula is C20H30N6O2. The van der Waals surface area contributed by atoms with Crippen LogP contribution in [0.15, 0.2) is 24.8 Å². The third-order valence-corrected chi connectivity index (χ3v) is 5.46. The van der Waals surface area contributed by atoms with Crippen molar-refractivity contribution in [3.63, 3.8) is 0 Å². The monoisotopic (exact) mass is 386 g/mol. The van der Waals surface area contributed by atoms with Crippen LogP contribution in [0.2, 0.25) is 0 Å². The first kappa shape index (κ1) is 20.3. The second-order valence-corrected chi connectivity index (χ2v) is 7.75. The van der Waals surface area contributed by atoms with Crippen molar-refractivity contribution in [2.45, 2.75) is 26.7 Å². The molecule has 1 aliphatic rings. The predicted molar refractivity (Wildman–Crippen MR) is 107 cm³/mol. The van der Waals surface area contributed by atoms with Gasteiger partial charge in [-0.25, -0.2) is 9.97 Å². The summed E-state index contributed by atoms with van der Waals surface area (Å²) in [7, 11) is 1.99. The Morgan fingerprint density at radius 3 is 2.75 bits per heavy atom. The number of aromatic nitrogens is 3. The first-order chi connectivity index (χ1) is 13.5. The molecule has 1 saturated heterocycles. The highest BCUT2D eigenvalue weighted by Crippen LogP contribution is 2.25. The summed E-state index contributed by atoms with van der Waals surface area (Å²) in [6.45, 7) is 7.84. The Kier molecular flexibility index (Phi) is 6.61. The van der Waals surface area contributed by atoms with E-state index in [0.29, 0.717) is 36.3 Å². The molecule has 0 bridgehead atoms. The van der Waals surface area contributed by atoms with E-state index in [2.05, 4.69) is 34.0 Å². The number of likely N-dealkylation sites (tertiary alicyclic amines) is 1. The Bertz CT molecular complexity index is 820. The maximum Gasteiger partial charge on any atom is 0.273 e. The van der Waals surface area contributed by atoms with Crippen molar-refractivity contribution in [1.82, 2.24) is 29.5 Å². The Hall–Kier alpha value is -2.48. The maximum absolute atomic E-state index is 12.5. The highest BCUT2D eigenvalue weighted by atomic mass is 16.2. The van der Waals surface area contributed by atoms with Gasteiger partial charge < -0.3 is 14.6 Å². The third kappa shape index (κ3) is 4.67. The van der Waals surface area contributed by atoms with Crippen LogP contribution in [-0.4, -0.2) is 75.8 Å². The molecule has 0 aliphatic carbocycles. The van der Waals surface area contributed by atoms with Gasteiger partial charge in [0.05, 0.1) is 6.54 Å². The number of nitrogens with one attached hydrogen (secondary N) is 1. The number of rotatable bonds is 8. The molecule has 0 spiro atoms. The quantitative estimate of drug-likeness (QED) is 0.739. The number of hydrogen-bond acceptors (Lipinski definition) is 5. The van der Waals surface area contributed by atoms with Crippen LogP contribution < -0.4 is 5.32 Å². The van der Waals surface area contributed by atoms with Gasteiger partial charge >= 0.3 is 0 Å². The highest BCUT2D eigenvalue weighted by molar-refractivity contribution is 5.97. The van der Waals surface area contributed by atoms with Crippen molar-refractivity contribution >= 4 is 17.5 Å². The van der Waals surface area contributed by atoms with Crippen LogP contribution in [0, 0.1) is 11.8 Å². The van der Waals surface area contributed by atoms with E-state index in [0.717, 1.165) is 32.5 Å².